The van der Waals surface area contributed by atoms with E-state index in [0.29, 0.717) is 18.2 Å². The van der Waals surface area contributed by atoms with E-state index in [1.165, 1.54) is 6.42 Å². The van der Waals surface area contributed by atoms with Crippen LogP contribution in [0, 0.1) is 5.92 Å². The molecule has 2 aliphatic rings. The van der Waals surface area contributed by atoms with Gasteiger partial charge in [-0.15, -0.1) is 0 Å². The van der Waals surface area contributed by atoms with Crippen LogP contribution in [-0.2, 0) is 14.8 Å². The van der Waals surface area contributed by atoms with Crippen molar-refractivity contribution < 1.29 is 13.2 Å². The molecule has 156 valence electrons. The molecule has 1 N–H and O–H groups in total. The van der Waals surface area contributed by atoms with Crippen molar-refractivity contribution in [2.75, 3.05) is 25.0 Å². The van der Waals surface area contributed by atoms with E-state index in [1.54, 1.807) is 28.6 Å². The van der Waals surface area contributed by atoms with Gasteiger partial charge in [-0.05, 0) is 76.3 Å². The zero-order chi connectivity index (χ0) is 20.3. The summed E-state index contributed by atoms with van der Waals surface area (Å²) in [5.41, 5.74) is 0.633. The highest BCUT2D eigenvalue weighted by atomic mass is 32.2. The van der Waals surface area contributed by atoms with E-state index in [1.807, 2.05) is 13.8 Å². The number of likely N-dealkylation sites (tertiary alicyclic amines) is 1. The van der Waals surface area contributed by atoms with Crippen LogP contribution in [-0.4, -0.2) is 55.2 Å². The average Bonchev–Trinajstić information content (AvgIpc) is 2.61. The Bertz CT molecular complexity index is 769. The summed E-state index contributed by atoms with van der Waals surface area (Å²) in [5, 5.41) is 2.89. The molecule has 2 heterocycles. The van der Waals surface area contributed by atoms with Crippen molar-refractivity contribution in [1.29, 1.82) is 0 Å². The van der Waals surface area contributed by atoms with Gasteiger partial charge in [0.2, 0.25) is 15.9 Å². The van der Waals surface area contributed by atoms with Crippen LogP contribution in [0.5, 0.6) is 0 Å². The van der Waals surface area contributed by atoms with Crippen LogP contribution in [0.1, 0.15) is 52.9 Å². The number of sulfonamides is 1. The molecule has 28 heavy (non-hydrogen) atoms. The fourth-order valence-corrected chi connectivity index (χ4v) is 6.42. The maximum Gasteiger partial charge on any atom is 0.243 e. The molecule has 0 radical (unpaired) electrons. The molecule has 0 aliphatic carbocycles. The van der Waals surface area contributed by atoms with E-state index >= 15 is 0 Å². The van der Waals surface area contributed by atoms with Crippen molar-refractivity contribution in [2.45, 2.75) is 69.9 Å². The van der Waals surface area contributed by atoms with E-state index in [2.05, 4.69) is 17.1 Å². The predicted octanol–water partition coefficient (Wildman–Crippen LogP) is 3.31. The Balaban J connectivity index is 1.63. The largest absolute Gasteiger partial charge is 0.325 e. The van der Waals surface area contributed by atoms with Crippen molar-refractivity contribution in [1.82, 2.24) is 9.21 Å². The number of carbonyl (C=O) groups excluding carboxylic acids is 1. The van der Waals surface area contributed by atoms with Crippen molar-refractivity contribution in [2.24, 2.45) is 5.92 Å². The minimum absolute atomic E-state index is 0.0139. The van der Waals surface area contributed by atoms with E-state index < -0.39 is 10.0 Å². The van der Waals surface area contributed by atoms with Crippen molar-refractivity contribution >= 4 is 21.6 Å². The number of amides is 1. The molecule has 6 nitrogen and oxygen atoms in total. The van der Waals surface area contributed by atoms with Gasteiger partial charge in [-0.1, -0.05) is 13.3 Å². The summed E-state index contributed by atoms with van der Waals surface area (Å²) in [6, 6.07) is 6.59. The van der Waals surface area contributed by atoms with Gasteiger partial charge in [-0.2, -0.15) is 4.31 Å². The molecule has 0 aromatic heterocycles. The highest BCUT2D eigenvalue weighted by molar-refractivity contribution is 7.89. The SMILES string of the molecule is C[C@H]1CCCN(CC(=O)Nc2ccc(S(=O)(=O)N3[C@H](C)CCC[C@@H]3C)cc2)C1. The topological polar surface area (TPSA) is 69.7 Å². The first kappa shape index (κ1) is 21.3. The molecular weight excluding hydrogens is 374 g/mol. The second kappa shape index (κ2) is 8.93. The molecule has 2 saturated heterocycles. The molecule has 1 aromatic carbocycles. The minimum Gasteiger partial charge on any atom is -0.325 e. The smallest absolute Gasteiger partial charge is 0.243 e. The highest BCUT2D eigenvalue weighted by Crippen LogP contribution is 2.30. The van der Waals surface area contributed by atoms with Crippen LogP contribution < -0.4 is 5.32 Å². The Morgan fingerprint density at radius 2 is 1.68 bits per heavy atom. The zero-order valence-corrected chi connectivity index (χ0v) is 18.0. The third kappa shape index (κ3) is 4.93. The summed E-state index contributed by atoms with van der Waals surface area (Å²) in [4.78, 5) is 14.8. The van der Waals surface area contributed by atoms with Crippen LogP contribution in [0.3, 0.4) is 0 Å². The number of rotatable bonds is 5. The molecular formula is C21H33N3O3S. The molecule has 2 aliphatic heterocycles. The zero-order valence-electron chi connectivity index (χ0n) is 17.2. The van der Waals surface area contributed by atoms with Crippen LogP contribution in [0.25, 0.3) is 0 Å². The molecule has 7 heteroatoms. The average molecular weight is 408 g/mol. The molecule has 1 amide bonds. The first-order valence-electron chi connectivity index (χ1n) is 10.4. The Kier molecular flexibility index (Phi) is 6.78. The lowest BCUT2D eigenvalue weighted by atomic mass is 10.0. The number of benzene rings is 1. The van der Waals surface area contributed by atoms with Gasteiger partial charge in [0, 0.05) is 24.3 Å². The summed E-state index contributed by atoms with van der Waals surface area (Å²) >= 11 is 0. The second-order valence-corrected chi connectivity index (χ2v) is 10.4. The molecule has 0 unspecified atom stereocenters. The third-order valence-electron chi connectivity index (χ3n) is 5.93. The normalized spacial score (nSPS) is 27.5. The summed E-state index contributed by atoms with van der Waals surface area (Å²) in [7, 11) is -3.52. The van der Waals surface area contributed by atoms with Gasteiger partial charge >= 0.3 is 0 Å². The fourth-order valence-electron chi connectivity index (χ4n) is 4.54. The van der Waals surface area contributed by atoms with Gasteiger partial charge < -0.3 is 5.32 Å². The summed E-state index contributed by atoms with van der Waals surface area (Å²) in [6.45, 7) is 8.46. The van der Waals surface area contributed by atoms with Crippen LogP contribution in [0.2, 0.25) is 0 Å². The monoisotopic (exact) mass is 407 g/mol. The summed E-state index contributed by atoms with van der Waals surface area (Å²) < 4.78 is 27.8. The molecule has 0 saturated carbocycles. The summed E-state index contributed by atoms with van der Waals surface area (Å²) in [5.74, 6) is 0.577. The van der Waals surface area contributed by atoms with Gasteiger partial charge in [0.05, 0.1) is 11.4 Å². The second-order valence-electron chi connectivity index (χ2n) is 8.52. The first-order valence-corrected chi connectivity index (χ1v) is 11.9. The highest BCUT2D eigenvalue weighted by Gasteiger charge is 2.35. The number of nitrogens with one attached hydrogen (secondary N) is 1. The lowest BCUT2D eigenvalue weighted by molar-refractivity contribution is -0.117. The van der Waals surface area contributed by atoms with Gasteiger partial charge in [-0.3, -0.25) is 9.69 Å². The molecule has 0 bridgehead atoms. The first-order chi connectivity index (χ1) is 13.3. The number of carbonyl (C=O) groups is 1. The van der Waals surface area contributed by atoms with E-state index in [0.717, 1.165) is 38.8 Å². The van der Waals surface area contributed by atoms with E-state index in [4.69, 9.17) is 0 Å². The maximum atomic E-state index is 13.1. The maximum absolute atomic E-state index is 13.1. The molecule has 2 fully saturated rings. The van der Waals surface area contributed by atoms with Gasteiger partial charge in [-0.25, -0.2) is 8.42 Å². The van der Waals surface area contributed by atoms with Crippen molar-refractivity contribution in [3.8, 4) is 0 Å². The Morgan fingerprint density at radius 3 is 2.29 bits per heavy atom. The summed E-state index contributed by atoms with van der Waals surface area (Å²) in [6.07, 6.45) is 5.21. The number of piperidine rings is 2. The lowest BCUT2D eigenvalue weighted by Gasteiger charge is -2.37. The Labute approximate surface area is 169 Å². The van der Waals surface area contributed by atoms with E-state index in [-0.39, 0.29) is 22.9 Å². The lowest BCUT2D eigenvalue weighted by Crippen LogP contribution is -2.47. The predicted molar refractivity (Wildman–Crippen MR) is 112 cm³/mol. The van der Waals surface area contributed by atoms with Gasteiger partial charge in [0.15, 0.2) is 0 Å². The van der Waals surface area contributed by atoms with Crippen molar-refractivity contribution in [3.63, 3.8) is 0 Å². The molecule has 0 spiro atoms. The van der Waals surface area contributed by atoms with Gasteiger partial charge in [0.25, 0.3) is 0 Å². The van der Waals surface area contributed by atoms with Crippen molar-refractivity contribution in [3.05, 3.63) is 24.3 Å². The standard InChI is InChI=1S/C21H33N3O3S/c1-16-6-5-13-23(14-16)15-21(25)22-19-9-11-20(12-10-19)28(26,27)24-17(2)7-4-8-18(24)3/h9-12,16-18H,4-8,13-15H2,1-3H3,(H,22,25)/t16-,17-,18+/m0/s1. The fraction of sp³-hybridized carbons (Fsp3) is 0.667. The van der Waals surface area contributed by atoms with Gasteiger partial charge in [0.1, 0.15) is 0 Å². The molecule has 3 atom stereocenters. The Morgan fingerprint density at radius 1 is 1.04 bits per heavy atom. The quantitative estimate of drug-likeness (QED) is 0.813. The number of hydrogen-bond acceptors (Lipinski definition) is 4. The number of anilines is 1. The van der Waals surface area contributed by atoms with Crippen LogP contribution in [0.4, 0.5) is 5.69 Å². The van der Waals surface area contributed by atoms with Crippen LogP contribution in [0.15, 0.2) is 29.2 Å². The number of nitrogens with zero attached hydrogens (tertiary/aromatic N) is 2. The minimum atomic E-state index is -3.52. The number of hydrogen-bond donors (Lipinski definition) is 1. The Hall–Kier alpha value is -1.44. The molecule has 1 aromatic rings. The molecule has 3 rings (SSSR count). The van der Waals surface area contributed by atoms with E-state index in [9.17, 15) is 13.2 Å². The third-order valence-corrected chi connectivity index (χ3v) is 8.08. The van der Waals surface area contributed by atoms with Crippen LogP contribution >= 0.6 is 0 Å².